The van der Waals surface area contributed by atoms with Crippen molar-refractivity contribution in [2.45, 2.75) is 13.5 Å². The largest absolute Gasteiger partial charge is 0.377 e. The third kappa shape index (κ3) is 3.96. The van der Waals surface area contributed by atoms with Gasteiger partial charge in [0.15, 0.2) is 5.82 Å². The van der Waals surface area contributed by atoms with Gasteiger partial charge < -0.3 is 14.5 Å². The van der Waals surface area contributed by atoms with Crippen molar-refractivity contribution in [3.63, 3.8) is 0 Å². The Kier molecular flexibility index (Phi) is 5.48. The molecule has 1 aromatic carbocycles. The predicted molar refractivity (Wildman–Crippen MR) is 125 cm³/mol. The number of hydrogen-bond donors (Lipinski definition) is 0. The highest BCUT2D eigenvalue weighted by molar-refractivity contribution is 7.17. The van der Waals surface area contributed by atoms with Gasteiger partial charge >= 0.3 is 0 Å². The van der Waals surface area contributed by atoms with Crippen LogP contribution in [0.1, 0.15) is 11.6 Å². The summed E-state index contributed by atoms with van der Waals surface area (Å²) in [6.07, 6.45) is 1.83. The number of thiophene rings is 1. The molecule has 3 aromatic heterocycles. The molecule has 0 spiro atoms. The molecule has 0 unspecified atom stereocenters. The van der Waals surface area contributed by atoms with E-state index in [-0.39, 0.29) is 0 Å². The van der Waals surface area contributed by atoms with Crippen molar-refractivity contribution in [3.05, 3.63) is 59.6 Å². The summed E-state index contributed by atoms with van der Waals surface area (Å²) in [6.45, 7) is 5.83. The van der Waals surface area contributed by atoms with Crippen molar-refractivity contribution in [1.82, 2.24) is 19.9 Å². The van der Waals surface area contributed by atoms with Crippen LogP contribution in [0.4, 0.5) is 11.6 Å². The molecule has 1 aliphatic heterocycles. The van der Waals surface area contributed by atoms with Gasteiger partial charge in [0.1, 0.15) is 28.9 Å². The molecular weight excluding hydrogens is 408 g/mol. The number of rotatable bonds is 5. The van der Waals surface area contributed by atoms with Crippen LogP contribution in [0.15, 0.2) is 48.0 Å². The molecule has 0 amide bonds. The van der Waals surface area contributed by atoms with Gasteiger partial charge in [-0.3, -0.25) is 0 Å². The van der Waals surface area contributed by atoms with Crippen LogP contribution in [0.5, 0.6) is 0 Å². The Morgan fingerprint density at radius 3 is 2.48 bits per heavy atom. The van der Waals surface area contributed by atoms with Gasteiger partial charge in [-0.05, 0) is 18.6 Å². The monoisotopic (exact) mass is 432 g/mol. The molecule has 7 nitrogen and oxygen atoms in total. The zero-order valence-corrected chi connectivity index (χ0v) is 18.5. The average Bonchev–Trinajstić information content (AvgIpc) is 3.24. The van der Waals surface area contributed by atoms with Crippen LogP contribution < -0.4 is 9.80 Å². The van der Waals surface area contributed by atoms with Crippen LogP contribution >= 0.6 is 11.3 Å². The first-order chi connectivity index (χ1) is 15.2. The lowest BCUT2D eigenvalue weighted by Gasteiger charge is -2.36. The second kappa shape index (κ2) is 8.56. The maximum Gasteiger partial charge on any atom is 0.158 e. The van der Waals surface area contributed by atoms with E-state index in [1.165, 1.54) is 11.1 Å². The maximum atomic E-state index is 5.34. The molecule has 5 rings (SSSR count). The highest BCUT2D eigenvalue weighted by Crippen LogP contribution is 2.38. The molecule has 0 bridgehead atoms. The first-order valence-corrected chi connectivity index (χ1v) is 11.2. The fraction of sp³-hybridized carbons (Fsp3) is 0.304. The molecule has 0 atom stereocenters. The van der Waals surface area contributed by atoms with Gasteiger partial charge in [0.05, 0.1) is 5.39 Å². The standard InChI is InChI=1S/C23H24N6OS/c1-16-24-9-8-20(25-16)28-10-12-29(13-11-28)22-21-18(17-6-4-3-5-7-17)15-31-23(21)27-19(26-22)14-30-2/h3-9,15H,10-14H2,1-2H3. The molecule has 0 aliphatic carbocycles. The molecule has 4 aromatic rings. The summed E-state index contributed by atoms with van der Waals surface area (Å²) in [5.41, 5.74) is 2.38. The minimum absolute atomic E-state index is 0.404. The molecule has 158 valence electrons. The summed E-state index contributed by atoms with van der Waals surface area (Å²) in [5, 5.41) is 3.32. The topological polar surface area (TPSA) is 67.3 Å². The zero-order valence-electron chi connectivity index (χ0n) is 17.7. The Morgan fingerprint density at radius 2 is 1.74 bits per heavy atom. The number of aromatic nitrogens is 4. The molecule has 8 heteroatoms. The number of hydrogen-bond acceptors (Lipinski definition) is 8. The Labute approximate surface area is 185 Å². The highest BCUT2D eigenvalue weighted by Gasteiger charge is 2.24. The van der Waals surface area contributed by atoms with Crippen molar-refractivity contribution in [2.75, 3.05) is 43.1 Å². The molecule has 0 saturated carbocycles. The van der Waals surface area contributed by atoms with E-state index in [4.69, 9.17) is 14.7 Å². The minimum atomic E-state index is 0.404. The highest BCUT2D eigenvalue weighted by atomic mass is 32.1. The quantitative estimate of drug-likeness (QED) is 0.473. The molecular formula is C23H24N6OS. The van der Waals surface area contributed by atoms with E-state index in [2.05, 4.69) is 49.4 Å². The molecule has 1 aliphatic rings. The SMILES string of the molecule is COCc1nc(N2CCN(c3ccnc(C)n3)CC2)c2c(-c3ccccc3)csc2n1. The van der Waals surface area contributed by atoms with Crippen molar-refractivity contribution in [3.8, 4) is 11.1 Å². The van der Waals surface area contributed by atoms with Crippen LogP contribution in [-0.4, -0.2) is 53.2 Å². The van der Waals surface area contributed by atoms with Gasteiger partial charge in [-0.25, -0.2) is 19.9 Å². The number of nitrogens with zero attached hydrogens (tertiary/aromatic N) is 6. The second-order valence-corrected chi connectivity index (χ2v) is 8.39. The van der Waals surface area contributed by atoms with E-state index < -0.39 is 0 Å². The molecule has 1 saturated heterocycles. The maximum absolute atomic E-state index is 5.34. The Hall–Kier alpha value is -3.10. The van der Waals surface area contributed by atoms with Crippen molar-refractivity contribution < 1.29 is 4.74 Å². The van der Waals surface area contributed by atoms with E-state index in [1.54, 1.807) is 18.4 Å². The van der Waals surface area contributed by atoms with Gasteiger partial charge in [0, 0.05) is 50.4 Å². The van der Waals surface area contributed by atoms with Crippen molar-refractivity contribution >= 4 is 33.2 Å². The number of piperazine rings is 1. The molecule has 0 N–H and O–H groups in total. The number of benzene rings is 1. The third-order valence-electron chi connectivity index (χ3n) is 5.48. The van der Waals surface area contributed by atoms with Crippen LogP contribution in [-0.2, 0) is 11.3 Å². The lowest BCUT2D eigenvalue weighted by molar-refractivity contribution is 0.178. The smallest absolute Gasteiger partial charge is 0.158 e. The number of methoxy groups -OCH3 is 1. The third-order valence-corrected chi connectivity index (χ3v) is 6.36. The first kappa shape index (κ1) is 19.8. The first-order valence-electron chi connectivity index (χ1n) is 10.3. The molecule has 31 heavy (non-hydrogen) atoms. The van der Waals surface area contributed by atoms with E-state index in [0.717, 1.165) is 59.7 Å². The van der Waals surface area contributed by atoms with Crippen LogP contribution in [0.25, 0.3) is 21.3 Å². The Morgan fingerprint density at radius 1 is 0.968 bits per heavy atom. The Bertz CT molecular complexity index is 1190. The van der Waals surface area contributed by atoms with Crippen LogP contribution in [0, 0.1) is 6.92 Å². The molecule has 1 fully saturated rings. The summed E-state index contributed by atoms with van der Waals surface area (Å²) in [6, 6.07) is 12.4. The van der Waals surface area contributed by atoms with Crippen molar-refractivity contribution in [2.24, 2.45) is 0 Å². The van der Waals surface area contributed by atoms with E-state index in [1.807, 2.05) is 25.3 Å². The Balaban J connectivity index is 1.50. The number of aryl methyl sites for hydroxylation is 1. The number of fused-ring (bicyclic) bond motifs is 1. The predicted octanol–water partition coefficient (Wildman–Crippen LogP) is 3.93. The zero-order chi connectivity index (χ0) is 21.2. The fourth-order valence-electron chi connectivity index (χ4n) is 3.99. The van der Waals surface area contributed by atoms with Gasteiger partial charge in [-0.1, -0.05) is 30.3 Å². The van der Waals surface area contributed by atoms with Crippen LogP contribution in [0.3, 0.4) is 0 Å². The summed E-state index contributed by atoms with van der Waals surface area (Å²) >= 11 is 1.67. The van der Waals surface area contributed by atoms with Crippen LogP contribution in [0.2, 0.25) is 0 Å². The summed E-state index contributed by atoms with van der Waals surface area (Å²) < 4.78 is 5.34. The lowest BCUT2D eigenvalue weighted by Crippen LogP contribution is -2.47. The second-order valence-electron chi connectivity index (χ2n) is 7.53. The normalized spacial score (nSPS) is 14.4. The summed E-state index contributed by atoms with van der Waals surface area (Å²) in [5.74, 6) is 3.50. The van der Waals surface area contributed by atoms with E-state index >= 15 is 0 Å². The van der Waals surface area contributed by atoms with Gasteiger partial charge in [0.2, 0.25) is 0 Å². The van der Waals surface area contributed by atoms with Gasteiger partial charge in [-0.2, -0.15) is 0 Å². The number of ether oxygens (including phenoxy) is 1. The van der Waals surface area contributed by atoms with E-state index in [9.17, 15) is 0 Å². The molecule has 0 radical (unpaired) electrons. The van der Waals surface area contributed by atoms with E-state index in [0.29, 0.717) is 6.61 Å². The van der Waals surface area contributed by atoms with Crippen molar-refractivity contribution in [1.29, 1.82) is 0 Å². The lowest BCUT2D eigenvalue weighted by atomic mass is 10.1. The molecule has 4 heterocycles. The van der Waals surface area contributed by atoms with Gasteiger partial charge in [0.25, 0.3) is 0 Å². The minimum Gasteiger partial charge on any atom is -0.377 e. The number of anilines is 2. The van der Waals surface area contributed by atoms with Gasteiger partial charge in [-0.15, -0.1) is 11.3 Å². The summed E-state index contributed by atoms with van der Waals surface area (Å²) in [4.78, 5) is 24.2. The average molecular weight is 433 g/mol. The summed E-state index contributed by atoms with van der Waals surface area (Å²) in [7, 11) is 1.68. The fourth-order valence-corrected chi connectivity index (χ4v) is 4.95.